The summed E-state index contributed by atoms with van der Waals surface area (Å²) in [5, 5.41) is 2.74. The van der Waals surface area contributed by atoms with E-state index in [4.69, 9.17) is 9.47 Å². The summed E-state index contributed by atoms with van der Waals surface area (Å²) in [6.45, 7) is 2.03. The molecule has 0 saturated heterocycles. The summed E-state index contributed by atoms with van der Waals surface area (Å²) >= 11 is 0. The lowest BCUT2D eigenvalue weighted by Crippen LogP contribution is -2.29. The standard InChI is InChI=1S/C24H26N2O5S/c1-18-4-6-19(7-5-18)16-26(32(3,28)29)21-10-14-23(15-11-21)31-17-24(27)25-20-8-12-22(30-2)13-9-20/h4-15H,16-17H2,1-3H3,(H,25,27). The van der Waals surface area contributed by atoms with E-state index >= 15 is 0 Å². The average molecular weight is 455 g/mol. The smallest absolute Gasteiger partial charge is 0.262 e. The lowest BCUT2D eigenvalue weighted by atomic mass is 10.1. The van der Waals surface area contributed by atoms with Gasteiger partial charge < -0.3 is 14.8 Å². The maximum Gasteiger partial charge on any atom is 0.262 e. The first kappa shape index (κ1) is 23.1. The Bertz CT molecular complexity index is 1140. The van der Waals surface area contributed by atoms with Crippen LogP contribution in [-0.2, 0) is 21.4 Å². The van der Waals surface area contributed by atoms with Gasteiger partial charge in [-0.3, -0.25) is 9.10 Å². The molecule has 0 unspecified atom stereocenters. The van der Waals surface area contributed by atoms with E-state index in [1.54, 1.807) is 55.6 Å². The largest absolute Gasteiger partial charge is 0.497 e. The van der Waals surface area contributed by atoms with Crippen molar-refractivity contribution in [2.75, 3.05) is 29.6 Å². The van der Waals surface area contributed by atoms with Gasteiger partial charge >= 0.3 is 0 Å². The van der Waals surface area contributed by atoms with Crippen LogP contribution in [0, 0.1) is 6.92 Å². The number of aryl methyl sites for hydroxylation is 1. The van der Waals surface area contributed by atoms with Crippen molar-refractivity contribution in [3.63, 3.8) is 0 Å². The van der Waals surface area contributed by atoms with E-state index in [2.05, 4.69) is 5.32 Å². The van der Waals surface area contributed by atoms with Crippen molar-refractivity contribution in [3.8, 4) is 11.5 Å². The summed E-state index contributed by atoms with van der Waals surface area (Å²) in [6.07, 6.45) is 1.18. The van der Waals surface area contributed by atoms with Crippen LogP contribution < -0.4 is 19.1 Å². The second-order valence-corrected chi connectivity index (χ2v) is 9.22. The molecule has 168 valence electrons. The van der Waals surface area contributed by atoms with Crippen molar-refractivity contribution in [2.45, 2.75) is 13.5 Å². The Kier molecular flexibility index (Phi) is 7.37. The van der Waals surface area contributed by atoms with E-state index in [1.165, 1.54) is 10.6 Å². The number of nitrogens with zero attached hydrogens (tertiary/aromatic N) is 1. The van der Waals surface area contributed by atoms with Crippen molar-refractivity contribution >= 4 is 27.3 Å². The zero-order valence-corrected chi connectivity index (χ0v) is 19.1. The number of anilines is 2. The van der Waals surface area contributed by atoms with Crippen LogP contribution in [0.5, 0.6) is 11.5 Å². The number of amides is 1. The number of carbonyl (C=O) groups excluding carboxylic acids is 1. The van der Waals surface area contributed by atoms with Crippen LogP contribution >= 0.6 is 0 Å². The molecule has 0 spiro atoms. The zero-order valence-electron chi connectivity index (χ0n) is 18.2. The average Bonchev–Trinajstić information content (AvgIpc) is 2.77. The highest BCUT2D eigenvalue weighted by molar-refractivity contribution is 7.92. The highest BCUT2D eigenvalue weighted by atomic mass is 32.2. The van der Waals surface area contributed by atoms with Gasteiger partial charge in [0.05, 0.1) is 25.6 Å². The summed E-state index contributed by atoms with van der Waals surface area (Å²) in [7, 11) is -1.91. The second kappa shape index (κ2) is 10.2. The van der Waals surface area contributed by atoms with Crippen LogP contribution in [0.2, 0.25) is 0 Å². The molecule has 3 rings (SSSR count). The molecular weight excluding hydrogens is 428 g/mol. The molecule has 1 amide bonds. The fourth-order valence-electron chi connectivity index (χ4n) is 2.99. The molecule has 0 atom stereocenters. The van der Waals surface area contributed by atoms with Gasteiger partial charge in [0, 0.05) is 5.69 Å². The van der Waals surface area contributed by atoms with E-state index in [0.29, 0.717) is 22.9 Å². The predicted octanol–water partition coefficient (Wildman–Crippen LogP) is 3.99. The van der Waals surface area contributed by atoms with Gasteiger partial charge in [-0.15, -0.1) is 0 Å². The minimum absolute atomic E-state index is 0.176. The van der Waals surface area contributed by atoms with Crippen LogP contribution in [0.3, 0.4) is 0 Å². The van der Waals surface area contributed by atoms with Crippen molar-refractivity contribution < 1.29 is 22.7 Å². The molecule has 0 aliphatic carbocycles. The normalized spacial score (nSPS) is 11.0. The second-order valence-electron chi connectivity index (χ2n) is 7.31. The van der Waals surface area contributed by atoms with Gasteiger partial charge in [-0.1, -0.05) is 29.8 Å². The predicted molar refractivity (Wildman–Crippen MR) is 126 cm³/mol. The first-order valence-electron chi connectivity index (χ1n) is 9.94. The molecule has 0 aliphatic rings. The number of ether oxygens (including phenoxy) is 2. The van der Waals surface area contributed by atoms with Crippen LogP contribution in [-0.4, -0.2) is 34.3 Å². The Morgan fingerprint density at radius 3 is 2.06 bits per heavy atom. The van der Waals surface area contributed by atoms with Crippen LogP contribution in [0.4, 0.5) is 11.4 Å². The molecule has 3 aromatic carbocycles. The molecule has 1 N–H and O–H groups in total. The summed E-state index contributed by atoms with van der Waals surface area (Å²) < 4.78 is 36.7. The summed E-state index contributed by atoms with van der Waals surface area (Å²) in [4.78, 5) is 12.1. The van der Waals surface area contributed by atoms with E-state index in [0.717, 1.165) is 11.1 Å². The van der Waals surface area contributed by atoms with Gasteiger partial charge in [0.15, 0.2) is 6.61 Å². The Morgan fingerprint density at radius 2 is 1.50 bits per heavy atom. The van der Waals surface area contributed by atoms with E-state index in [1.807, 2.05) is 31.2 Å². The molecule has 3 aromatic rings. The first-order chi connectivity index (χ1) is 15.2. The van der Waals surface area contributed by atoms with Crippen LogP contribution in [0.1, 0.15) is 11.1 Å². The number of hydrogen-bond donors (Lipinski definition) is 1. The van der Waals surface area contributed by atoms with Gasteiger partial charge in [0.25, 0.3) is 5.91 Å². The zero-order chi connectivity index (χ0) is 23.1. The molecule has 0 saturated carbocycles. The Balaban J connectivity index is 1.61. The number of hydrogen-bond acceptors (Lipinski definition) is 5. The first-order valence-corrected chi connectivity index (χ1v) is 11.8. The van der Waals surface area contributed by atoms with Gasteiger partial charge in [0.2, 0.25) is 10.0 Å². The van der Waals surface area contributed by atoms with Crippen molar-refractivity contribution in [1.82, 2.24) is 0 Å². The maximum atomic E-state index is 12.4. The molecule has 0 fully saturated rings. The number of methoxy groups -OCH3 is 1. The number of sulfonamides is 1. The molecule has 0 aromatic heterocycles. The molecule has 8 heteroatoms. The van der Waals surface area contributed by atoms with E-state index in [9.17, 15) is 13.2 Å². The quantitative estimate of drug-likeness (QED) is 0.529. The number of benzene rings is 3. The maximum absolute atomic E-state index is 12.4. The Hall–Kier alpha value is -3.52. The summed E-state index contributed by atoms with van der Waals surface area (Å²) in [5.41, 5.74) is 3.14. The summed E-state index contributed by atoms with van der Waals surface area (Å²) in [6, 6.07) is 21.3. The molecule has 7 nitrogen and oxygen atoms in total. The minimum atomic E-state index is -3.49. The van der Waals surface area contributed by atoms with Gasteiger partial charge in [-0.05, 0) is 61.0 Å². The highest BCUT2D eigenvalue weighted by Gasteiger charge is 2.18. The molecule has 32 heavy (non-hydrogen) atoms. The Morgan fingerprint density at radius 1 is 0.906 bits per heavy atom. The monoisotopic (exact) mass is 454 g/mol. The number of nitrogens with one attached hydrogen (secondary N) is 1. The van der Waals surface area contributed by atoms with Crippen LogP contribution in [0.25, 0.3) is 0 Å². The lowest BCUT2D eigenvalue weighted by molar-refractivity contribution is -0.118. The van der Waals surface area contributed by atoms with Gasteiger partial charge in [0.1, 0.15) is 11.5 Å². The van der Waals surface area contributed by atoms with E-state index < -0.39 is 10.0 Å². The molecular formula is C24H26N2O5S. The third-order valence-corrected chi connectivity index (χ3v) is 5.86. The minimum Gasteiger partial charge on any atom is -0.497 e. The summed E-state index contributed by atoms with van der Waals surface area (Å²) in [5.74, 6) is 0.851. The van der Waals surface area contributed by atoms with Crippen molar-refractivity contribution in [3.05, 3.63) is 83.9 Å². The van der Waals surface area contributed by atoms with Crippen LogP contribution in [0.15, 0.2) is 72.8 Å². The fourth-order valence-corrected chi connectivity index (χ4v) is 3.88. The third-order valence-electron chi connectivity index (χ3n) is 4.72. The fraction of sp³-hybridized carbons (Fsp3) is 0.208. The highest BCUT2D eigenvalue weighted by Crippen LogP contribution is 2.24. The molecule has 0 aliphatic heterocycles. The Labute approximate surface area is 188 Å². The third kappa shape index (κ3) is 6.49. The lowest BCUT2D eigenvalue weighted by Gasteiger charge is -2.23. The van der Waals surface area contributed by atoms with E-state index in [-0.39, 0.29) is 19.1 Å². The van der Waals surface area contributed by atoms with Crippen molar-refractivity contribution in [1.29, 1.82) is 0 Å². The molecule has 0 radical (unpaired) electrons. The molecule has 0 heterocycles. The van der Waals surface area contributed by atoms with Crippen molar-refractivity contribution in [2.24, 2.45) is 0 Å². The number of carbonyl (C=O) groups is 1. The topological polar surface area (TPSA) is 84.9 Å². The SMILES string of the molecule is COc1ccc(NC(=O)COc2ccc(N(Cc3ccc(C)cc3)S(C)(=O)=O)cc2)cc1. The van der Waals surface area contributed by atoms with Gasteiger partial charge in [-0.2, -0.15) is 0 Å². The number of rotatable bonds is 9. The van der Waals surface area contributed by atoms with Gasteiger partial charge in [-0.25, -0.2) is 8.42 Å². The molecule has 0 bridgehead atoms.